The summed E-state index contributed by atoms with van der Waals surface area (Å²) in [7, 11) is 0. The van der Waals surface area contributed by atoms with Crippen LogP contribution >= 0.6 is 23.2 Å². The van der Waals surface area contributed by atoms with Crippen LogP contribution in [-0.2, 0) is 6.54 Å². The number of hydrogen-bond donors (Lipinski definition) is 1. The van der Waals surface area contributed by atoms with Crippen LogP contribution in [-0.4, -0.2) is 25.6 Å². The largest absolute Gasteiger partial charge is 0.330 e. The van der Waals surface area contributed by atoms with E-state index in [4.69, 9.17) is 38.5 Å². The van der Waals surface area contributed by atoms with Gasteiger partial charge in [0.25, 0.3) is 5.09 Å². The summed E-state index contributed by atoms with van der Waals surface area (Å²) in [5, 5.41) is 14.5. The summed E-state index contributed by atoms with van der Waals surface area (Å²) in [5.41, 5.74) is 0.472. The van der Waals surface area contributed by atoms with E-state index in [1.165, 1.54) is 0 Å². The lowest BCUT2D eigenvalue weighted by Gasteiger charge is -2.04. The lowest BCUT2D eigenvalue weighted by Crippen LogP contribution is -2.09. The van der Waals surface area contributed by atoms with Crippen molar-refractivity contribution in [1.82, 2.24) is 9.55 Å². The molecular formula is C11H9Cl2N3O4. The molecule has 1 aromatic carbocycles. The van der Waals surface area contributed by atoms with Crippen molar-refractivity contribution in [3.63, 3.8) is 0 Å². The molecule has 0 radical (unpaired) electrons. The molecule has 1 aromatic heterocycles. The van der Waals surface area contributed by atoms with E-state index in [9.17, 15) is 4.79 Å². The standard InChI is InChI=1S/C11H8Cl2N2O.HNO3/c12-8-1-2-9(10(13)5-8)11(16)6-15-4-3-14-7-15;2-1(3)4/h1-5,7H,6H2;(H,2,3,4). The van der Waals surface area contributed by atoms with Crippen molar-refractivity contribution >= 4 is 29.0 Å². The molecule has 0 aliphatic heterocycles. The predicted molar refractivity (Wildman–Crippen MR) is 71.8 cm³/mol. The Morgan fingerprint density at radius 1 is 1.45 bits per heavy atom. The minimum atomic E-state index is -1.50. The van der Waals surface area contributed by atoms with Gasteiger partial charge in [-0.25, -0.2) is 4.98 Å². The summed E-state index contributed by atoms with van der Waals surface area (Å²) in [4.78, 5) is 24.1. The molecular weight excluding hydrogens is 309 g/mol. The third kappa shape index (κ3) is 5.25. The first-order valence-corrected chi connectivity index (χ1v) is 5.93. The average Bonchev–Trinajstić information content (AvgIpc) is 2.80. The summed E-state index contributed by atoms with van der Waals surface area (Å²) < 4.78 is 1.69. The summed E-state index contributed by atoms with van der Waals surface area (Å²) in [6.45, 7) is 0.224. The van der Waals surface area contributed by atoms with E-state index in [1.54, 1.807) is 41.5 Å². The number of imidazole rings is 1. The molecule has 0 bridgehead atoms. The molecule has 2 aromatic rings. The number of benzene rings is 1. The van der Waals surface area contributed by atoms with Crippen LogP contribution in [0, 0.1) is 10.1 Å². The van der Waals surface area contributed by atoms with Gasteiger partial charge in [0.1, 0.15) is 0 Å². The second kappa shape index (κ2) is 7.46. The van der Waals surface area contributed by atoms with Gasteiger partial charge in [-0.3, -0.25) is 4.79 Å². The lowest BCUT2D eigenvalue weighted by molar-refractivity contribution is -0.742. The van der Waals surface area contributed by atoms with Crippen LogP contribution in [0.5, 0.6) is 0 Å². The first kappa shape index (κ1) is 15.9. The first-order chi connectivity index (χ1) is 9.40. The number of carbonyl (C=O) groups is 1. The van der Waals surface area contributed by atoms with E-state index in [0.717, 1.165) is 0 Å². The van der Waals surface area contributed by atoms with Gasteiger partial charge >= 0.3 is 0 Å². The molecule has 0 fully saturated rings. The number of carbonyl (C=O) groups excluding carboxylic acids is 1. The van der Waals surface area contributed by atoms with Crippen LogP contribution in [0.2, 0.25) is 10.0 Å². The first-order valence-electron chi connectivity index (χ1n) is 5.17. The zero-order chi connectivity index (χ0) is 15.1. The smallest absolute Gasteiger partial charge is 0.291 e. The molecule has 0 saturated heterocycles. The third-order valence-electron chi connectivity index (χ3n) is 2.12. The molecule has 0 atom stereocenters. The maximum Gasteiger partial charge on any atom is 0.291 e. The van der Waals surface area contributed by atoms with Crippen molar-refractivity contribution in [3.8, 4) is 0 Å². The van der Waals surface area contributed by atoms with Crippen molar-refractivity contribution in [2.75, 3.05) is 0 Å². The number of halogens is 2. The fourth-order valence-corrected chi connectivity index (χ4v) is 1.86. The van der Waals surface area contributed by atoms with Gasteiger partial charge in [0.15, 0.2) is 5.78 Å². The molecule has 0 amide bonds. The summed E-state index contributed by atoms with van der Waals surface area (Å²) in [6, 6.07) is 4.84. The fraction of sp³-hybridized carbons (Fsp3) is 0.0909. The molecule has 0 aliphatic rings. The quantitative estimate of drug-likeness (QED) is 0.533. The SMILES string of the molecule is O=C(Cn1ccnc1)c1ccc(Cl)cc1Cl.O=[N+]([O-])O. The van der Waals surface area contributed by atoms with E-state index < -0.39 is 5.09 Å². The molecule has 0 saturated carbocycles. The summed E-state index contributed by atoms with van der Waals surface area (Å²) >= 11 is 11.7. The zero-order valence-electron chi connectivity index (χ0n) is 9.94. The van der Waals surface area contributed by atoms with Crippen LogP contribution in [0.25, 0.3) is 0 Å². The average molecular weight is 318 g/mol. The highest BCUT2D eigenvalue weighted by Gasteiger charge is 2.10. The van der Waals surface area contributed by atoms with Gasteiger partial charge in [0, 0.05) is 23.0 Å². The van der Waals surface area contributed by atoms with E-state index in [-0.39, 0.29) is 12.3 Å². The van der Waals surface area contributed by atoms with E-state index in [1.807, 2.05) is 0 Å². The van der Waals surface area contributed by atoms with Crippen molar-refractivity contribution in [2.45, 2.75) is 6.54 Å². The fourth-order valence-electron chi connectivity index (χ4n) is 1.35. The van der Waals surface area contributed by atoms with E-state index >= 15 is 0 Å². The Morgan fingerprint density at radius 3 is 2.60 bits per heavy atom. The van der Waals surface area contributed by atoms with Crippen LogP contribution in [0.15, 0.2) is 36.9 Å². The van der Waals surface area contributed by atoms with Gasteiger partial charge in [-0.15, -0.1) is 10.1 Å². The Hall–Kier alpha value is -2.12. The second-order valence-corrected chi connectivity index (χ2v) is 4.36. The van der Waals surface area contributed by atoms with Crippen LogP contribution in [0.1, 0.15) is 10.4 Å². The number of hydrogen-bond acceptors (Lipinski definition) is 4. The van der Waals surface area contributed by atoms with Crippen molar-refractivity contribution in [3.05, 3.63) is 62.6 Å². The molecule has 20 heavy (non-hydrogen) atoms. The zero-order valence-corrected chi connectivity index (χ0v) is 11.5. The molecule has 106 valence electrons. The monoisotopic (exact) mass is 317 g/mol. The third-order valence-corrected chi connectivity index (χ3v) is 2.66. The number of rotatable bonds is 3. The number of nitrogens with zero attached hydrogens (tertiary/aromatic N) is 3. The van der Waals surface area contributed by atoms with Crippen LogP contribution in [0.3, 0.4) is 0 Å². The predicted octanol–water partition coefficient (Wildman–Crippen LogP) is 2.73. The lowest BCUT2D eigenvalue weighted by atomic mass is 10.1. The number of Topliss-reactive ketones (excluding diaryl/α,β-unsaturated/α-hetero) is 1. The van der Waals surface area contributed by atoms with Crippen LogP contribution < -0.4 is 0 Å². The minimum absolute atomic E-state index is 0.0698. The van der Waals surface area contributed by atoms with Crippen molar-refractivity contribution in [1.29, 1.82) is 0 Å². The van der Waals surface area contributed by atoms with Gasteiger partial charge in [-0.1, -0.05) is 23.2 Å². The van der Waals surface area contributed by atoms with E-state index in [2.05, 4.69) is 4.98 Å². The summed E-state index contributed by atoms with van der Waals surface area (Å²) in [6.07, 6.45) is 4.93. The second-order valence-electron chi connectivity index (χ2n) is 3.52. The molecule has 7 nitrogen and oxygen atoms in total. The van der Waals surface area contributed by atoms with Gasteiger partial charge in [-0.05, 0) is 18.2 Å². The maximum atomic E-state index is 11.9. The topological polar surface area (TPSA) is 98.3 Å². The summed E-state index contributed by atoms with van der Waals surface area (Å²) in [5.74, 6) is -0.0698. The number of aromatic nitrogens is 2. The van der Waals surface area contributed by atoms with Gasteiger partial charge in [0.05, 0.1) is 17.9 Å². The number of ketones is 1. The van der Waals surface area contributed by atoms with Crippen molar-refractivity contribution in [2.24, 2.45) is 0 Å². The Balaban J connectivity index is 0.000000444. The molecule has 1 heterocycles. The van der Waals surface area contributed by atoms with E-state index in [0.29, 0.717) is 15.6 Å². The molecule has 9 heteroatoms. The molecule has 0 aliphatic carbocycles. The molecule has 1 N–H and O–H groups in total. The Labute approximate surface area is 123 Å². The molecule has 0 unspecified atom stereocenters. The van der Waals surface area contributed by atoms with Crippen LogP contribution in [0.4, 0.5) is 0 Å². The maximum absolute atomic E-state index is 11.9. The molecule has 0 spiro atoms. The van der Waals surface area contributed by atoms with Gasteiger partial charge in [0.2, 0.25) is 0 Å². The Bertz CT molecular complexity index is 598. The highest BCUT2D eigenvalue weighted by Crippen LogP contribution is 2.21. The van der Waals surface area contributed by atoms with Gasteiger partial charge in [-0.2, -0.15) is 0 Å². The highest BCUT2D eigenvalue weighted by atomic mass is 35.5. The molecule has 2 rings (SSSR count). The minimum Gasteiger partial charge on any atom is -0.330 e. The Morgan fingerprint density at radius 2 is 2.10 bits per heavy atom. The highest BCUT2D eigenvalue weighted by molar-refractivity contribution is 6.36. The Kier molecular flexibility index (Phi) is 5.95. The van der Waals surface area contributed by atoms with Gasteiger partial charge < -0.3 is 9.77 Å². The van der Waals surface area contributed by atoms with Crippen molar-refractivity contribution < 1.29 is 15.1 Å². The normalized spacial score (nSPS) is 9.50.